The maximum absolute atomic E-state index is 12.2. The molecule has 0 bridgehead atoms. The van der Waals surface area contributed by atoms with Gasteiger partial charge < -0.3 is 20.9 Å². The highest BCUT2D eigenvalue weighted by molar-refractivity contribution is 5.93. The molecule has 6 heteroatoms. The number of carbonyl (C=O) groups is 2. The number of amides is 3. The van der Waals surface area contributed by atoms with Crippen molar-refractivity contribution in [3.8, 4) is 5.69 Å². The van der Waals surface area contributed by atoms with E-state index in [0.717, 1.165) is 11.3 Å². The SMILES string of the molecule is NC(=O)Nc1ccc(NC(=O)Cc2ccc(-n3cccc3)cc2)cc1. The maximum atomic E-state index is 12.2. The Hall–Kier alpha value is -3.54. The van der Waals surface area contributed by atoms with Crippen LogP contribution in [0.15, 0.2) is 73.1 Å². The van der Waals surface area contributed by atoms with Crippen molar-refractivity contribution in [3.05, 3.63) is 78.6 Å². The molecule has 1 heterocycles. The molecule has 0 aliphatic carbocycles. The normalized spacial score (nSPS) is 10.2. The van der Waals surface area contributed by atoms with Gasteiger partial charge in [0.15, 0.2) is 0 Å². The summed E-state index contributed by atoms with van der Waals surface area (Å²) >= 11 is 0. The van der Waals surface area contributed by atoms with Crippen LogP contribution in [-0.2, 0) is 11.2 Å². The van der Waals surface area contributed by atoms with Crippen molar-refractivity contribution >= 4 is 23.3 Å². The lowest BCUT2D eigenvalue weighted by Crippen LogP contribution is -2.19. The Labute approximate surface area is 145 Å². The van der Waals surface area contributed by atoms with Crippen LogP contribution in [0.5, 0.6) is 0 Å². The summed E-state index contributed by atoms with van der Waals surface area (Å²) in [4.78, 5) is 22.9. The average Bonchev–Trinajstić information content (AvgIpc) is 3.11. The molecule has 0 spiro atoms. The number of nitrogens with two attached hydrogens (primary N) is 1. The smallest absolute Gasteiger partial charge is 0.316 e. The third-order valence-electron chi connectivity index (χ3n) is 3.64. The Balaban J connectivity index is 1.58. The number of nitrogens with one attached hydrogen (secondary N) is 2. The van der Waals surface area contributed by atoms with Gasteiger partial charge in [-0.25, -0.2) is 4.79 Å². The number of benzene rings is 2. The third-order valence-corrected chi connectivity index (χ3v) is 3.64. The molecule has 0 radical (unpaired) electrons. The number of nitrogens with zero attached hydrogens (tertiary/aromatic N) is 1. The monoisotopic (exact) mass is 334 g/mol. The van der Waals surface area contributed by atoms with Crippen molar-refractivity contribution in [2.45, 2.75) is 6.42 Å². The first kappa shape index (κ1) is 16.3. The van der Waals surface area contributed by atoms with E-state index in [-0.39, 0.29) is 12.3 Å². The van der Waals surface area contributed by atoms with E-state index in [0.29, 0.717) is 11.4 Å². The molecule has 3 aromatic rings. The molecule has 6 nitrogen and oxygen atoms in total. The lowest BCUT2D eigenvalue weighted by Gasteiger charge is -2.08. The Bertz CT molecular complexity index is 853. The second kappa shape index (κ2) is 7.35. The van der Waals surface area contributed by atoms with Crippen LogP contribution in [0.3, 0.4) is 0 Å². The van der Waals surface area contributed by atoms with Gasteiger partial charge in [0.2, 0.25) is 5.91 Å². The van der Waals surface area contributed by atoms with Crippen LogP contribution in [0.2, 0.25) is 0 Å². The molecule has 1 aromatic heterocycles. The van der Waals surface area contributed by atoms with Crippen LogP contribution < -0.4 is 16.4 Å². The standard InChI is InChI=1S/C19H18N4O2/c20-19(25)22-16-7-5-15(6-8-16)21-18(24)13-14-3-9-17(10-4-14)23-11-1-2-12-23/h1-12H,13H2,(H,21,24)(H3,20,22,25). The molecule has 0 aliphatic heterocycles. The lowest BCUT2D eigenvalue weighted by molar-refractivity contribution is -0.115. The molecule has 0 fully saturated rings. The molecule has 3 amide bonds. The van der Waals surface area contributed by atoms with Gasteiger partial charge in [-0.3, -0.25) is 4.79 Å². The molecule has 0 aliphatic rings. The molecule has 25 heavy (non-hydrogen) atoms. The van der Waals surface area contributed by atoms with Crippen molar-refractivity contribution in [2.24, 2.45) is 5.73 Å². The Morgan fingerprint density at radius 1 is 0.840 bits per heavy atom. The fraction of sp³-hybridized carbons (Fsp3) is 0.0526. The van der Waals surface area contributed by atoms with Crippen LogP contribution in [0.25, 0.3) is 5.69 Å². The predicted octanol–water partition coefficient (Wildman–Crippen LogP) is 3.15. The van der Waals surface area contributed by atoms with E-state index in [9.17, 15) is 9.59 Å². The zero-order valence-electron chi connectivity index (χ0n) is 13.5. The van der Waals surface area contributed by atoms with E-state index in [1.807, 2.05) is 53.4 Å². The van der Waals surface area contributed by atoms with Crippen LogP contribution >= 0.6 is 0 Å². The van der Waals surface area contributed by atoms with Gasteiger partial charge in [0.05, 0.1) is 6.42 Å². The first-order valence-electron chi connectivity index (χ1n) is 7.79. The lowest BCUT2D eigenvalue weighted by atomic mass is 10.1. The van der Waals surface area contributed by atoms with E-state index in [1.54, 1.807) is 24.3 Å². The number of anilines is 2. The van der Waals surface area contributed by atoms with Crippen molar-refractivity contribution in [2.75, 3.05) is 10.6 Å². The van der Waals surface area contributed by atoms with E-state index >= 15 is 0 Å². The number of hydrogen-bond acceptors (Lipinski definition) is 2. The van der Waals surface area contributed by atoms with Gasteiger partial charge in [-0.05, 0) is 54.1 Å². The second-order valence-corrected chi connectivity index (χ2v) is 5.55. The van der Waals surface area contributed by atoms with Crippen LogP contribution in [-0.4, -0.2) is 16.5 Å². The number of primary amides is 1. The molecule has 0 saturated carbocycles. The first-order valence-corrected chi connectivity index (χ1v) is 7.79. The largest absolute Gasteiger partial charge is 0.351 e. The molecule has 3 rings (SSSR count). The molecule has 2 aromatic carbocycles. The highest BCUT2D eigenvalue weighted by Crippen LogP contribution is 2.15. The Kier molecular flexibility index (Phi) is 4.80. The summed E-state index contributed by atoms with van der Waals surface area (Å²) < 4.78 is 2.01. The van der Waals surface area contributed by atoms with Crippen molar-refractivity contribution in [1.29, 1.82) is 0 Å². The number of aromatic nitrogens is 1. The fourth-order valence-corrected chi connectivity index (χ4v) is 2.46. The quantitative estimate of drug-likeness (QED) is 0.669. The van der Waals surface area contributed by atoms with Gasteiger partial charge in [-0.1, -0.05) is 12.1 Å². The molecular formula is C19H18N4O2. The van der Waals surface area contributed by atoms with Gasteiger partial charge in [0.1, 0.15) is 0 Å². The minimum absolute atomic E-state index is 0.107. The molecule has 0 unspecified atom stereocenters. The first-order chi connectivity index (χ1) is 12.1. The Morgan fingerprint density at radius 3 is 1.96 bits per heavy atom. The number of carbonyl (C=O) groups excluding carboxylic acids is 2. The van der Waals surface area contributed by atoms with E-state index in [2.05, 4.69) is 10.6 Å². The van der Waals surface area contributed by atoms with Gasteiger partial charge in [-0.15, -0.1) is 0 Å². The van der Waals surface area contributed by atoms with Crippen LogP contribution in [0.1, 0.15) is 5.56 Å². The van der Waals surface area contributed by atoms with Crippen molar-refractivity contribution in [3.63, 3.8) is 0 Å². The summed E-state index contributed by atoms with van der Waals surface area (Å²) in [6.45, 7) is 0. The van der Waals surface area contributed by atoms with Crippen LogP contribution in [0, 0.1) is 0 Å². The van der Waals surface area contributed by atoms with E-state index in [1.165, 1.54) is 0 Å². The van der Waals surface area contributed by atoms with Gasteiger partial charge >= 0.3 is 6.03 Å². The Morgan fingerprint density at radius 2 is 1.40 bits per heavy atom. The van der Waals surface area contributed by atoms with Crippen molar-refractivity contribution < 1.29 is 9.59 Å². The van der Waals surface area contributed by atoms with E-state index in [4.69, 9.17) is 5.73 Å². The van der Waals surface area contributed by atoms with Gasteiger partial charge in [-0.2, -0.15) is 0 Å². The maximum Gasteiger partial charge on any atom is 0.316 e. The van der Waals surface area contributed by atoms with E-state index < -0.39 is 6.03 Å². The molecule has 0 saturated heterocycles. The summed E-state index contributed by atoms with van der Waals surface area (Å²) in [5, 5.41) is 5.29. The minimum atomic E-state index is -0.625. The molecule has 4 N–H and O–H groups in total. The third kappa shape index (κ3) is 4.48. The summed E-state index contributed by atoms with van der Waals surface area (Å²) in [7, 11) is 0. The average molecular weight is 334 g/mol. The number of rotatable bonds is 5. The van der Waals surface area contributed by atoms with Crippen molar-refractivity contribution in [1.82, 2.24) is 4.57 Å². The molecule has 126 valence electrons. The summed E-state index contributed by atoms with van der Waals surface area (Å²) in [5.74, 6) is -0.107. The zero-order chi connectivity index (χ0) is 17.6. The summed E-state index contributed by atoms with van der Waals surface area (Å²) in [6.07, 6.45) is 4.23. The highest BCUT2D eigenvalue weighted by atomic mass is 16.2. The molecular weight excluding hydrogens is 316 g/mol. The second-order valence-electron chi connectivity index (χ2n) is 5.55. The van der Waals surface area contributed by atoms with Crippen LogP contribution in [0.4, 0.5) is 16.2 Å². The van der Waals surface area contributed by atoms with Gasteiger partial charge in [0.25, 0.3) is 0 Å². The van der Waals surface area contributed by atoms with Gasteiger partial charge in [0, 0.05) is 29.5 Å². The number of hydrogen-bond donors (Lipinski definition) is 3. The summed E-state index contributed by atoms with van der Waals surface area (Å²) in [6, 6.07) is 17.9. The summed E-state index contributed by atoms with van der Waals surface area (Å²) in [5.41, 5.74) is 8.26. The highest BCUT2D eigenvalue weighted by Gasteiger charge is 2.05. The predicted molar refractivity (Wildman–Crippen MR) is 97.8 cm³/mol. The minimum Gasteiger partial charge on any atom is -0.351 e. The topological polar surface area (TPSA) is 89.2 Å². The fourth-order valence-electron chi connectivity index (χ4n) is 2.46. The molecule has 0 atom stereocenters. The number of urea groups is 1. The zero-order valence-corrected chi connectivity index (χ0v) is 13.5.